The minimum Gasteiger partial charge on any atom is -0.495 e. The van der Waals surface area contributed by atoms with E-state index in [1.165, 1.54) is 6.07 Å². The number of nitrogens with zero attached hydrogens (tertiary/aromatic N) is 1. The van der Waals surface area contributed by atoms with Crippen LogP contribution in [0.4, 0.5) is 11.6 Å². The molecule has 0 saturated carbocycles. The van der Waals surface area contributed by atoms with Gasteiger partial charge in [-0.3, -0.25) is 9.78 Å². The SMILES string of the molecule is COc1cc(Br)ccc1Nc1nc(C)cc(=O)[nH]1. The molecule has 1 aromatic heterocycles. The summed E-state index contributed by atoms with van der Waals surface area (Å²) in [6.45, 7) is 1.76. The van der Waals surface area contributed by atoms with E-state index in [-0.39, 0.29) is 5.56 Å². The molecule has 2 N–H and O–H groups in total. The second-order valence-corrected chi connectivity index (χ2v) is 4.62. The van der Waals surface area contributed by atoms with E-state index in [1.807, 2.05) is 18.2 Å². The van der Waals surface area contributed by atoms with Gasteiger partial charge in [0.05, 0.1) is 12.8 Å². The van der Waals surface area contributed by atoms with Crippen molar-refractivity contribution in [3.8, 4) is 5.75 Å². The summed E-state index contributed by atoms with van der Waals surface area (Å²) in [5.41, 5.74) is 1.19. The standard InChI is InChI=1S/C12H12BrN3O2/c1-7-5-11(17)16-12(14-7)15-9-4-3-8(13)6-10(9)18-2/h3-6H,1-2H3,(H2,14,15,16,17). The van der Waals surface area contributed by atoms with E-state index in [0.29, 0.717) is 17.4 Å². The van der Waals surface area contributed by atoms with E-state index in [0.717, 1.165) is 10.2 Å². The van der Waals surface area contributed by atoms with Crippen LogP contribution < -0.4 is 15.6 Å². The van der Waals surface area contributed by atoms with E-state index in [9.17, 15) is 4.79 Å². The van der Waals surface area contributed by atoms with Gasteiger partial charge >= 0.3 is 0 Å². The van der Waals surface area contributed by atoms with Crippen molar-refractivity contribution in [1.82, 2.24) is 9.97 Å². The van der Waals surface area contributed by atoms with Gasteiger partial charge in [0.25, 0.3) is 5.56 Å². The Morgan fingerprint density at radius 1 is 1.39 bits per heavy atom. The molecule has 1 aromatic carbocycles. The summed E-state index contributed by atoms with van der Waals surface area (Å²) in [6.07, 6.45) is 0. The van der Waals surface area contributed by atoms with Crippen molar-refractivity contribution in [2.75, 3.05) is 12.4 Å². The van der Waals surface area contributed by atoms with E-state index in [4.69, 9.17) is 4.74 Å². The normalized spacial score (nSPS) is 10.2. The van der Waals surface area contributed by atoms with E-state index in [2.05, 4.69) is 31.2 Å². The summed E-state index contributed by atoms with van der Waals surface area (Å²) in [5, 5.41) is 3.02. The van der Waals surface area contributed by atoms with Crippen molar-refractivity contribution in [1.29, 1.82) is 0 Å². The zero-order chi connectivity index (χ0) is 13.1. The van der Waals surface area contributed by atoms with E-state index < -0.39 is 0 Å². The van der Waals surface area contributed by atoms with Gasteiger partial charge in [-0.1, -0.05) is 15.9 Å². The van der Waals surface area contributed by atoms with Gasteiger partial charge in [-0.15, -0.1) is 0 Å². The zero-order valence-electron chi connectivity index (χ0n) is 9.95. The monoisotopic (exact) mass is 309 g/mol. The summed E-state index contributed by atoms with van der Waals surface area (Å²) in [5.74, 6) is 1.05. The van der Waals surface area contributed by atoms with Crippen LogP contribution in [0.5, 0.6) is 5.75 Å². The van der Waals surface area contributed by atoms with Crippen molar-refractivity contribution in [2.24, 2.45) is 0 Å². The molecule has 1 heterocycles. The molecule has 0 amide bonds. The van der Waals surface area contributed by atoms with Gasteiger partial charge in [-0.05, 0) is 25.1 Å². The first kappa shape index (κ1) is 12.6. The van der Waals surface area contributed by atoms with Gasteiger partial charge in [0.1, 0.15) is 5.75 Å². The molecule has 0 spiro atoms. The zero-order valence-corrected chi connectivity index (χ0v) is 11.5. The largest absolute Gasteiger partial charge is 0.495 e. The number of nitrogens with one attached hydrogen (secondary N) is 2. The maximum absolute atomic E-state index is 11.3. The lowest BCUT2D eigenvalue weighted by Crippen LogP contribution is -2.10. The smallest absolute Gasteiger partial charge is 0.252 e. The Balaban J connectivity index is 2.36. The quantitative estimate of drug-likeness (QED) is 0.914. The van der Waals surface area contributed by atoms with Crippen LogP contribution in [-0.4, -0.2) is 17.1 Å². The topological polar surface area (TPSA) is 67.0 Å². The fourth-order valence-corrected chi connectivity index (χ4v) is 1.87. The molecule has 0 aliphatic carbocycles. The van der Waals surface area contributed by atoms with Crippen molar-refractivity contribution < 1.29 is 4.74 Å². The van der Waals surface area contributed by atoms with Gasteiger partial charge in [-0.25, -0.2) is 4.98 Å². The van der Waals surface area contributed by atoms with Crippen molar-refractivity contribution in [3.63, 3.8) is 0 Å². The highest BCUT2D eigenvalue weighted by Crippen LogP contribution is 2.29. The Hall–Kier alpha value is -1.82. The summed E-state index contributed by atoms with van der Waals surface area (Å²) in [7, 11) is 1.58. The predicted octanol–water partition coefficient (Wildman–Crippen LogP) is 2.59. The second-order valence-electron chi connectivity index (χ2n) is 3.70. The highest BCUT2D eigenvalue weighted by Gasteiger charge is 2.05. The molecule has 0 fully saturated rings. The van der Waals surface area contributed by atoms with Crippen LogP contribution in [0.1, 0.15) is 5.69 Å². The number of anilines is 2. The molecular weight excluding hydrogens is 298 g/mol. The summed E-state index contributed by atoms with van der Waals surface area (Å²) in [4.78, 5) is 18.1. The second kappa shape index (κ2) is 5.22. The third kappa shape index (κ3) is 2.89. The fourth-order valence-electron chi connectivity index (χ4n) is 1.53. The summed E-state index contributed by atoms with van der Waals surface area (Å²) < 4.78 is 6.16. The molecule has 0 aliphatic heterocycles. The molecular formula is C12H12BrN3O2. The fraction of sp³-hybridized carbons (Fsp3) is 0.167. The number of rotatable bonds is 3. The number of ether oxygens (including phenoxy) is 1. The number of methoxy groups -OCH3 is 1. The van der Waals surface area contributed by atoms with Crippen LogP contribution in [0.25, 0.3) is 0 Å². The molecule has 2 rings (SSSR count). The maximum atomic E-state index is 11.3. The van der Waals surface area contributed by atoms with Crippen LogP contribution in [0, 0.1) is 6.92 Å². The van der Waals surface area contributed by atoms with E-state index >= 15 is 0 Å². The van der Waals surface area contributed by atoms with Crippen molar-refractivity contribution in [2.45, 2.75) is 6.92 Å². The molecule has 2 aromatic rings. The van der Waals surface area contributed by atoms with Gasteiger partial charge in [0.15, 0.2) is 0 Å². The Morgan fingerprint density at radius 3 is 2.83 bits per heavy atom. The number of H-pyrrole nitrogens is 1. The van der Waals surface area contributed by atoms with Crippen molar-refractivity contribution in [3.05, 3.63) is 44.8 Å². The van der Waals surface area contributed by atoms with Crippen LogP contribution in [0.2, 0.25) is 0 Å². The van der Waals surface area contributed by atoms with Crippen LogP contribution in [0.15, 0.2) is 33.5 Å². The van der Waals surface area contributed by atoms with Crippen LogP contribution in [-0.2, 0) is 0 Å². The van der Waals surface area contributed by atoms with Crippen molar-refractivity contribution >= 4 is 27.6 Å². The molecule has 5 nitrogen and oxygen atoms in total. The number of halogens is 1. The Bertz CT molecular complexity index is 625. The average Bonchev–Trinajstić information content (AvgIpc) is 2.30. The lowest BCUT2D eigenvalue weighted by Gasteiger charge is -2.10. The molecule has 0 atom stereocenters. The lowest BCUT2D eigenvalue weighted by atomic mass is 10.3. The number of aryl methyl sites for hydroxylation is 1. The Morgan fingerprint density at radius 2 is 2.17 bits per heavy atom. The predicted molar refractivity (Wildman–Crippen MR) is 73.6 cm³/mol. The first-order valence-electron chi connectivity index (χ1n) is 5.27. The van der Waals surface area contributed by atoms with Crippen LogP contribution in [0.3, 0.4) is 0 Å². The minimum absolute atomic E-state index is 0.193. The minimum atomic E-state index is -0.193. The molecule has 6 heteroatoms. The highest BCUT2D eigenvalue weighted by atomic mass is 79.9. The molecule has 18 heavy (non-hydrogen) atoms. The first-order chi connectivity index (χ1) is 8.58. The lowest BCUT2D eigenvalue weighted by molar-refractivity contribution is 0.416. The number of aromatic nitrogens is 2. The van der Waals surface area contributed by atoms with Gasteiger partial charge < -0.3 is 10.1 Å². The average molecular weight is 310 g/mol. The number of hydrogen-bond donors (Lipinski definition) is 2. The first-order valence-corrected chi connectivity index (χ1v) is 6.06. The number of aromatic amines is 1. The molecule has 0 radical (unpaired) electrons. The van der Waals surface area contributed by atoms with E-state index in [1.54, 1.807) is 14.0 Å². The molecule has 0 unspecified atom stereocenters. The van der Waals surface area contributed by atoms with Gasteiger partial charge in [0, 0.05) is 16.2 Å². The number of benzene rings is 1. The summed E-state index contributed by atoms with van der Waals surface area (Å²) in [6, 6.07) is 6.98. The molecule has 94 valence electrons. The third-order valence-corrected chi connectivity index (χ3v) is 2.78. The highest BCUT2D eigenvalue weighted by molar-refractivity contribution is 9.10. The maximum Gasteiger partial charge on any atom is 0.252 e. The third-order valence-electron chi connectivity index (χ3n) is 2.29. The Labute approximate surface area is 112 Å². The molecule has 0 saturated heterocycles. The molecule has 0 bridgehead atoms. The van der Waals surface area contributed by atoms with Gasteiger partial charge in [-0.2, -0.15) is 0 Å². The number of hydrogen-bond acceptors (Lipinski definition) is 4. The Kier molecular flexibility index (Phi) is 3.66. The molecule has 0 aliphatic rings. The van der Waals surface area contributed by atoms with Crippen LogP contribution >= 0.6 is 15.9 Å². The van der Waals surface area contributed by atoms with Gasteiger partial charge in [0.2, 0.25) is 5.95 Å². The summed E-state index contributed by atoms with van der Waals surface area (Å²) >= 11 is 3.36.